The summed E-state index contributed by atoms with van der Waals surface area (Å²) < 4.78 is 7.31. The second kappa shape index (κ2) is 9.35. The highest BCUT2D eigenvalue weighted by molar-refractivity contribution is 6.14. The van der Waals surface area contributed by atoms with Gasteiger partial charge >= 0.3 is 0 Å². The van der Waals surface area contributed by atoms with Gasteiger partial charge in [-0.25, -0.2) is 0 Å². The summed E-state index contributed by atoms with van der Waals surface area (Å²) in [6, 6.07) is 50.9. The fourth-order valence-corrected chi connectivity index (χ4v) is 7.75. The van der Waals surface area contributed by atoms with Crippen molar-refractivity contribution >= 4 is 66.7 Å². The van der Waals surface area contributed by atoms with E-state index in [4.69, 9.17) is 0 Å². The molecule has 0 atom stereocenters. The summed E-state index contributed by atoms with van der Waals surface area (Å²) in [5, 5.41) is 9.08. The minimum atomic E-state index is 1.05. The number of nitrogens with zero attached hydrogens (tertiary/aromatic N) is 3. The number of hydrogen-bond acceptors (Lipinski definition) is 0. The van der Waals surface area contributed by atoms with E-state index in [0.717, 1.165) is 12.8 Å². The monoisotopic (exact) mass is 575 g/mol. The van der Waals surface area contributed by atoms with Gasteiger partial charge in [-0.05, 0) is 79.6 Å². The predicted octanol–water partition coefficient (Wildman–Crippen LogP) is 9.18. The van der Waals surface area contributed by atoms with Crippen LogP contribution in [0.5, 0.6) is 0 Å². The Kier molecular flexibility index (Phi) is 5.11. The molecule has 0 saturated heterocycles. The molecule has 0 radical (unpaired) electrons. The average Bonchev–Trinajstić information content (AvgIpc) is 3.73. The van der Waals surface area contributed by atoms with Crippen LogP contribution in [0.1, 0.15) is 12.8 Å². The topological polar surface area (TPSA) is 14.8 Å². The first-order valence-corrected chi connectivity index (χ1v) is 15.8. The van der Waals surface area contributed by atoms with E-state index < -0.39 is 0 Å². The molecular weight excluding hydrogens is 546 g/mol. The van der Waals surface area contributed by atoms with Crippen molar-refractivity contribution < 1.29 is 0 Å². The molecule has 0 unspecified atom stereocenters. The van der Waals surface area contributed by atoms with Crippen molar-refractivity contribution in [2.24, 2.45) is 0 Å². The van der Waals surface area contributed by atoms with Crippen molar-refractivity contribution in [2.75, 3.05) is 0 Å². The van der Waals surface area contributed by atoms with Crippen molar-refractivity contribution in [3.8, 4) is 17.1 Å². The Morgan fingerprint density at radius 1 is 0.333 bits per heavy atom. The van der Waals surface area contributed by atoms with Crippen molar-refractivity contribution in [1.29, 1.82) is 0 Å². The van der Waals surface area contributed by atoms with Crippen LogP contribution in [-0.2, 0) is 0 Å². The molecule has 6 aromatic carbocycles. The Balaban J connectivity index is 1.32. The molecule has 45 heavy (non-hydrogen) atoms. The van der Waals surface area contributed by atoms with Crippen LogP contribution in [-0.4, -0.2) is 13.7 Å². The third-order valence-corrected chi connectivity index (χ3v) is 9.63. The quantitative estimate of drug-likeness (QED) is 0.200. The minimum absolute atomic E-state index is 1.05. The number of fused-ring (bicyclic) bond motifs is 9. The molecule has 10 rings (SSSR count). The Hall–Kier alpha value is -5.80. The van der Waals surface area contributed by atoms with Gasteiger partial charge in [0.2, 0.25) is 0 Å². The van der Waals surface area contributed by atoms with Crippen LogP contribution in [0, 0.1) is 0 Å². The van der Waals surface area contributed by atoms with Gasteiger partial charge in [-0.15, -0.1) is 0 Å². The number of hydrogen-bond donors (Lipinski definition) is 0. The zero-order valence-electron chi connectivity index (χ0n) is 24.7. The lowest BCUT2D eigenvalue weighted by Crippen LogP contribution is -2.30. The Morgan fingerprint density at radius 2 is 0.867 bits per heavy atom. The summed E-state index contributed by atoms with van der Waals surface area (Å²) in [4.78, 5) is 0. The number of benzene rings is 6. The summed E-state index contributed by atoms with van der Waals surface area (Å²) >= 11 is 0. The average molecular weight is 576 g/mol. The van der Waals surface area contributed by atoms with Crippen molar-refractivity contribution in [2.45, 2.75) is 12.8 Å². The first kappa shape index (κ1) is 24.6. The molecule has 9 aromatic rings. The molecule has 0 fully saturated rings. The van der Waals surface area contributed by atoms with Crippen molar-refractivity contribution in [3.05, 3.63) is 150 Å². The summed E-state index contributed by atoms with van der Waals surface area (Å²) in [7, 11) is 0. The van der Waals surface area contributed by atoms with E-state index in [1.807, 2.05) is 0 Å². The van der Waals surface area contributed by atoms with E-state index >= 15 is 0 Å². The molecule has 0 bridgehead atoms. The van der Waals surface area contributed by atoms with Gasteiger partial charge in [-0.2, -0.15) is 0 Å². The van der Waals surface area contributed by atoms with Gasteiger partial charge in [0.05, 0.1) is 27.6 Å². The van der Waals surface area contributed by atoms with Gasteiger partial charge in [0.25, 0.3) is 0 Å². The highest BCUT2D eigenvalue weighted by Gasteiger charge is 2.19. The van der Waals surface area contributed by atoms with Crippen LogP contribution in [0.15, 0.2) is 140 Å². The normalized spacial score (nSPS) is 13.1. The van der Waals surface area contributed by atoms with Gasteiger partial charge in [-0.3, -0.25) is 0 Å². The number of aromatic nitrogens is 3. The molecule has 1 aliphatic carbocycles. The second-order valence-electron chi connectivity index (χ2n) is 12.1. The minimum Gasteiger partial charge on any atom is -0.309 e. The fourth-order valence-electron chi connectivity index (χ4n) is 7.75. The SMILES string of the molecule is C1=c2c(n(-c3ccc4c(c3)c3ccccc3n4-c3ccccc3)c3cc4c(cc23)c2ccccc2n4-c2ccccc2)=CCC1. The summed E-state index contributed by atoms with van der Waals surface area (Å²) in [5.41, 5.74) is 9.71. The number of rotatable bonds is 3. The zero-order chi connectivity index (χ0) is 29.5. The molecule has 0 spiro atoms. The highest BCUT2D eigenvalue weighted by Crippen LogP contribution is 2.36. The van der Waals surface area contributed by atoms with Gasteiger partial charge in [0.15, 0.2) is 0 Å². The number of para-hydroxylation sites is 4. The molecular formula is C42H29N3. The molecule has 3 heterocycles. The van der Waals surface area contributed by atoms with E-state index in [1.54, 1.807) is 0 Å². The molecule has 3 aromatic heterocycles. The Morgan fingerprint density at radius 3 is 1.56 bits per heavy atom. The molecule has 3 nitrogen and oxygen atoms in total. The maximum atomic E-state index is 2.50. The molecule has 0 saturated carbocycles. The fraction of sp³-hybridized carbons (Fsp3) is 0.0476. The molecule has 1 aliphatic rings. The summed E-state index contributed by atoms with van der Waals surface area (Å²) in [5.74, 6) is 0. The van der Waals surface area contributed by atoms with Gasteiger partial charge in [0.1, 0.15) is 0 Å². The van der Waals surface area contributed by atoms with E-state index in [0.29, 0.717) is 0 Å². The molecule has 0 aliphatic heterocycles. The second-order valence-corrected chi connectivity index (χ2v) is 12.1. The lowest BCUT2D eigenvalue weighted by Gasteiger charge is -2.11. The van der Waals surface area contributed by atoms with E-state index in [9.17, 15) is 0 Å². The standard InChI is InChI=1S/C42H29N3/c1-3-13-28(14-4-1)43-37-20-10-7-17-31(37)34-25-30(23-24-40(34)43)45-39-22-12-9-19-33(39)36-26-35-32-18-8-11-21-38(32)44(41(35)27-42(36)45)29-15-5-2-6-16-29/h1-8,10-11,13-27H,9,12H2. The van der Waals surface area contributed by atoms with Crippen LogP contribution in [0.3, 0.4) is 0 Å². The van der Waals surface area contributed by atoms with Crippen molar-refractivity contribution in [1.82, 2.24) is 13.7 Å². The first-order valence-electron chi connectivity index (χ1n) is 15.8. The largest absolute Gasteiger partial charge is 0.309 e. The third-order valence-electron chi connectivity index (χ3n) is 9.63. The summed E-state index contributed by atoms with van der Waals surface area (Å²) in [6.45, 7) is 0. The maximum Gasteiger partial charge on any atom is 0.0562 e. The van der Waals surface area contributed by atoms with Gasteiger partial charge in [-0.1, -0.05) is 84.9 Å². The molecule has 212 valence electrons. The Bertz CT molecular complexity index is 2740. The molecule has 3 heteroatoms. The smallest absolute Gasteiger partial charge is 0.0562 e. The van der Waals surface area contributed by atoms with Crippen LogP contribution >= 0.6 is 0 Å². The van der Waals surface area contributed by atoms with Crippen LogP contribution in [0.4, 0.5) is 0 Å². The van der Waals surface area contributed by atoms with Crippen LogP contribution in [0.25, 0.3) is 83.7 Å². The van der Waals surface area contributed by atoms with Crippen LogP contribution in [0.2, 0.25) is 0 Å². The third kappa shape index (κ3) is 3.46. The van der Waals surface area contributed by atoms with E-state index in [2.05, 4.69) is 165 Å². The lowest BCUT2D eigenvalue weighted by atomic mass is 10.1. The Labute approximate surface area is 259 Å². The van der Waals surface area contributed by atoms with Gasteiger partial charge < -0.3 is 13.7 Å². The predicted molar refractivity (Wildman–Crippen MR) is 189 cm³/mol. The summed E-state index contributed by atoms with van der Waals surface area (Å²) in [6.07, 6.45) is 6.99. The first-order chi connectivity index (χ1) is 22.3. The lowest BCUT2D eigenvalue weighted by molar-refractivity contribution is 1.03. The van der Waals surface area contributed by atoms with Gasteiger partial charge in [0, 0.05) is 54.6 Å². The van der Waals surface area contributed by atoms with E-state index in [-0.39, 0.29) is 0 Å². The van der Waals surface area contributed by atoms with E-state index in [1.165, 1.54) is 82.1 Å². The molecule has 0 amide bonds. The van der Waals surface area contributed by atoms with Crippen molar-refractivity contribution in [3.63, 3.8) is 0 Å². The zero-order valence-corrected chi connectivity index (χ0v) is 24.7. The highest BCUT2D eigenvalue weighted by atomic mass is 15.0. The van der Waals surface area contributed by atoms with Crippen LogP contribution < -0.4 is 10.6 Å². The molecule has 0 N–H and O–H groups in total. The maximum absolute atomic E-state index is 2.50.